The van der Waals surface area contributed by atoms with Crippen molar-refractivity contribution in [1.82, 2.24) is 5.32 Å². The highest BCUT2D eigenvalue weighted by Crippen LogP contribution is 2.29. The number of fused-ring (bicyclic) bond motifs is 1. The lowest BCUT2D eigenvalue weighted by molar-refractivity contribution is -0.118. The first-order valence-corrected chi connectivity index (χ1v) is 7.53. The summed E-state index contributed by atoms with van der Waals surface area (Å²) in [5, 5.41) is 3.40. The third-order valence-corrected chi connectivity index (χ3v) is 4.41. The van der Waals surface area contributed by atoms with Crippen LogP contribution in [-0.4, -0.2) is 25.5 Å². The van der Waals surface area contributed by atoms with E-state index in [1.54, 1.807) is 4.90 Å². The number of nitrogens with zero attached hydrogens (tertiary/aromatic N) is 1. The fourth-order valence-electron chi connectivity index (χ4n) is 3.24. The van der Waals surface area contributed by atoms with E-state index in [1.165, 1.54) is 25.0 Å². The molecule has 1 fully saturated rings. The predicted molar refractivity (Wildman–Crippen MR) is 77.3 cm³/mol. The molecule has 0 radical (unpaired) electrons. The van der Waals surface area contributed by atoms with Gasteiger partial charge in [0, 0.05) is 18.7 Å². The largest absolute Gasteiger partial charge is 0.316 e. The highest BCUT2D eigenvalue weighted by atomic mass is 19.1. The summed E-state index contributed by atoms with van der Waals surface area (Å²) in [4.78, 5) is 13.9. The maximum absolute atomic E-state index is 13.4. The fourth-order valence-corrected chi connectivity index (χ4v) is 3.24. The molecule has 0 aromatic heterocycles. The van der Waals surface area contributed by atoms with Gasteiger partial charge >= 0.3 is 0 Å². The maximum atomic E-state index is 13.4. The van der Waals surface area contributed by atoms with Crippen LogP contribution in [0.15, 0.2) is 18.2 Å². The molecule has 20 heavy (non-hydrogen) atoms. The molecule has 4 heteroatoms. The molecular weight excluding hydrogens is 255 g/mol. The van der Waals surface area contributed by atoms with Gasteiger partial charge in [0.15, 0.2) is 0 Å². The van der Waals surface area contributed by atoms with Gasteiger partial charge in [0.05, 0.1) is 0 Å². The summed E-state index contributed by atoms with van der Waals surface area (Å²) in [5.41, 5.74) is 1.87. The van der Waals surface area contributed by atoms with Gasteiger partial charge in [0.1, 0.15) is 5.82 Å². The summed E-state index contributed by atoms with van der Waals surface area (Å²) < 4.78 is 13.4. The van der Waals surface area contributed by atoms with Crippen LogP contribution < -0.4 is 10.2 Å². The zero-order valence-corrected chi connectivity index (χ0v) is 11.7. The smallest absolute Gasteiger partial charge is 0.227 e. The second-order valence-corrected chi connectivity index (χ2v) is 5.82. The number of hydrogen-bond acceptors (Lipinski definition) is 2. The van der Waals surface area contributed by atoms with Gasteiger partial charge in [0.2, 0.25) is 5.91 Å². The minimum Gasteiger partial charge on any atom is -0.316 e. The number of nitrogens with one attached hydrogen (secondary N) is 1. The van der Waals surface area contributed by atoms with E-state index in [4.69, 9.17) is 0 Å². The molecule has 0 bridgehead atoms. The van der Waals surface area contributed by atoms with Crippen molar-refractivity contribution in [2.24, 2.45) is 5.92 Å². The zero-order chi connectivity index (χ0) is 13.9. The van der Waals surface area contributed by atoms with E-state index in [9.17, 15) is 9.18 Å². The number of carbonyl (C=O) groups excluding carboxylic acids is 1. The van der Waals surface area contributed by atoms with Crippen LogP contribution in [0.1, 0.15) is 31.2 Å². The Labute approximate surface area is 119 Å². The van der Waals surface area contributed by atoms with Crippen molar-refractivity contribution in [2.45, 2.75) is 32.1 Å². The number of piperidine rings is 1. The molecule has 0 aliphatic carbocycles. The van der Waals surface area contributed by atoms with Crippen LogP contribution in [0.5, 0.6) is 0 Å². The third kappa shape index (κ3) is 2.85. The van der Waals surface area contributed by atoms with Crippen LogP contribution in [0.4, 0.5) is 10.1 Å². The lowest BCUT2D eigenvalue weighted by Gasteiger charge is -2.31. The monoisotopic (exact) mass is 276 g/mol. The van der Waals surface area contributed by atoms with Crippen LogP contribution in [0, 0.1) is 11.7 Å². The summed E-state index contributed by atoms with van der Waals surface area (Å²) in [5.74, 6) is 0.505. The van der Waals surface area contributed by atoms with Crippen molar-refractivity contribution in [3.05, 3.63) is 29.6 Å². The molecule has 1 aromatic carbocycles. The average molecular weight is 276 g/mol. The molecule has 3 rings (SSSR count). The molecule has 2 aliphatic rings. The number of halogens is 1. The lowest BCUT2D eigenvalue weighted by atomic mass is 9.94. The van der Waals surface area contributed by atoms with Crippen LogP contribution in [-0.2, 0) is 11.2 Å². The SMILES string of the molecule is O=C1CCc2ccc(F)cc2N1CCC1CCCNC1. The molecule has 0 spiro atoms. The minimum atomic E-state index is -0.261. The van der Waals surface area contributed by atoms with E-state index in [2.05, 4.69) is 5.32 Å². The molecular formula is C16H21FN2O. The molecule has 0 saturated carbocycles. The summed E-state index contributed by atoms with van der Waals surface area (Å²) in [6.45, 7) is 2.85. The Balaban J connectivity index is 1.71. The topological polar surface area (TPSA) is 32.3 Å². The van der Waals surface area contributed by atoms with E-state index in [-0.39, 0.29) is 11.7 Å². The molecule has 1 N–H and O–H groups in total. The van der Waals surface area contributed by atoms with Gasteiger partial charge in [-0.3, -0.25) is 4.79 Å². The summed E-state index contributed by atoms with van der Waals surface area (Å²) in [6.07, 6.45) is 4.71. The van der Waals surface area contributed by atoms with Gasteiger partial charge in [-0.05, 0) is 62.4 Å². The first kappa shape index (κ1) is 13.6. The minimum absolute atomic E-state index is 0.131. The molecule has 108 valence electrons. The normalized spacial score (nSPS) is 22.8. The van der Waals surface area contributed by atoms with Crippen molar-refractivity contribution in [1.29, 1.82) is 0 Å². The second-order valence-electron chi connectivity index (χ2n) is 5.82. The molecule has 1 saturated heterocycles. The van der Waals surface area contributed by atoms with Gasteiger partial charge in [-0.25, -0.2) is 4.39 Å². The Morgan fingerprint density at radius 3 is 3.05 bits per heavy atom. The summed E-state index contributed by atoms with van der Waals surface area (Å²) in [7, 11) is 0. The predicted octanol–water partition coefficient (Wildman–Crippen LogP) is 2.49. The van der Waals surface area contributed by atoms with Gasteiger partial charge in [-0.2, -0.15) is 0 Å². The van der Waals surface area contributed by atoms with E-state index >= 15 is 0 Å². The van der Waals surface area contributed by atoms with Gasteiger partial charge in [-0.15, -0.1) is 0 Å². The maximum Gasteiger partial charge on any atom is 0.227 e. The van der Waals surface area contributed by atoms with Gasteiger partial charge in [0.25, 0.3) is 0 Å². The van der Waals surface area contributed by atoms with Crippen molar-refractivity contribution < 1.29 is 9.18 Å². The van der Waals surface area contributed by atoms with Crippen molar-refractivity contribution in [3.8, 4) is 0 Å². The van der Waals surface area contributed by atoms with E-state index in [1.807, 2.05) is 6.07 Å². The molecule has 1 unspecified atom stereocenters. The van der Waals surface area contributed by atoms with Crippen molar-refractivity contribution >= 4 is 11.6 Å². The van der Waals surface area contributed by atoms with Crippen LogP contribution in [0.3, 0.4) is 0 Å². The highest BCUT2D eigenvalue weighted by molar-refractivity contribution is 5.96. The van der Waals surface area contributed by atoms with E-state index in [0.29, 0.717) is 18.9 Å². The second kappa shape index (κ2) is 5.92. The Morgan fingerprint density at radius 1 is 1.35 bits per heavy atom. The Hall–Kier alpha value is -1.42. The van der Waals surface area contributed by atoms with E-state index < -0.39 is 0 Å². The number of rotatable bonds is 3. The number of carbonyl (C=O) groups is 1. The lowest BCUT2D eigenvalue weighted by Crippen LogP contribution is -2.38. The van der Waals surface area contributed by atoms with Crippen molar-refractivity contribution in [3.63, 3.8) is 0 Å². The molecule has 2 aliphatic heterocycles. The van der Waals surface area contributed by atoms with E-state index in [0.717, 1.165) is 37.2 Å². The first-order chi connectivity index (χ1) is 9.74. The average Bonchev–Trinajstić information content (AvgIpc) is 2.47. The van der Waals surface area contributed by atoms with Crippen LogP contribution in [0.25, 0.3) is 0 Å². The van der Waals surface area contributed by atoms with Crippen LogP contribution in [0.2, 0.25) is 0 Å². The Bertz CT molecular complexity index is 497. The Morgan fingerprint density at radius 2 is 2.25 bits per heavy atom. The summed E-state index contributed by atoms with van der Waals surface area (Å²) in [6, 6.07) is 4.80. The molecule has 1 aromatic rings. The van der Waals surface area contributed by atoms with Crippen molar-refractivity contribution in [2.75, 3.05) is 24.5 Å². The number of amides is 1. The molecule has 1 amide bonds. The number of anilines is 1. The quantitative estimate of drug-likeness (QED) is 0.920. The molecule has 3 nitrogen and oxygen atoms in total. The highest BCUT2D eigenvalue weighted by Gasteiger charge is 2.25. The van der Waals surface area contributed by atoms with Crippen LogP contribution >= 0.6 is 0 Å². The number of benzene rings is 1. The summed E-state index contributed by atoms with van der Waals surface area (Å²) >= 11 is 0. The Kier molecular flexibility index (Phi) is 4.01. The van der Waals surface area contributed by atoms with Gasteiger partial charge in [-0.1, -0.05) is 6.07 Å². The fraction of sp³-hybridized carbons (Fsp3) is 0.562. The first-order valence-electron chi connectivity index (χ1n) is 7.53. The van der Waals surface area contributed by atoms with Gasteiger partial charge < -0.3 is 10.2 Å². The number of hydrogen-bond donors (Lipinski definition) is 1. The third-order valence-electron chi connectivity index (χ3n) is 4.41. The molecule has 2 heterocycles. The number of aryl methyl sites for hydroxylation is 1. The zero-order valence-electron chi connectivity index (χ0n) is 11.7. The molecule has 1 atom stereocenters. The standard InChI is InChI=1S/C16H21FN2O/c17-14-5-3-13-4-6-16(20)19(15(13)10-14)9-7-12-2-1-8-18-11-12/h3,5,10,12,18H,1-2,4,6-9,11H2.